The number of carbonyl (C=O) groups excluding carboxylic acids is 10. The molecule has 0 radical (unpaired) electrons. The molecule has 3 aliphatic heterocycles. The summed E-state index contributed by atoms with van der Waals surface area (Å²) < 4.78 is 87.4. The van der Waals surface area contributed by atoms with Crippen LogP contribution in [0.15, 0.2) is 24.3 Å². The summed E-state index contributed by atoms with van der Waals surface area (Å²) in [6.07, 6.45) is -26.3. The normalized spacial score (nSPS) is 30.2. The zero-order valence-corrected chi connectivity index (χ0v) is 40.8. The van der Waals surface area contributed by atoms with Crippen molar-refractivity contribution in [1.82, 2.24) is 0 Å². The molecule has 0 bridgehead atoms. The van der Waals surface area contributed by atoms with Crippen molar-refractivity contribution in [2.75, 3.05) is 25.1 Å². The standard InChI is InChI=1S/C45H59NO25/c1-19-12-14-30(15-13-19)46-43-40(64-27(9)54)37(34(60-23(5)50)31(67-43)16-57-20(2)47)70-45-42(66-29(11)56)39(36(62-25(7)52)33(69-45)18-59-22(4)49)71-44-41(65-28(10)55)38(63-26(8)53)35(61-24(6)51)32(68-44)17-58-21(3)48/h12-15,31-46H,16-18H2,1-11H3. The van der Waals surface area contributed by atoms with E-state index in [1.807, 2.05) is 6.92 Å². The SMILES string of the molecule is CC(=O)OCC1OC(Nc2ccc(C)cc2)C(OC(C)=O)C(OC2OC(COC(C)=O)C(OC(C)=O)C(OC3OC(COC(C)=O)C(OC(C)=O)C(OC(C)=O)C3OC(C)=O)C2OC(C)=O)C1OC(C)=O. The van der Waals surface area contributed by atoms with Crippen LogP contribution in [0.25, 0.3) is 0 Å². The highest BCUT2D eigenvalue weighted by Crippen LogP contribution is 2.38. The van der Waals surface area contributed by atoms with Crippen LogP contribution in [0.4, 0.5) is 5.69 Å². The molecule has 4 rings (SSSR count). The molecule has 71 heavy (non-hydrogen) atoms. The Bertz CT molecular complexity index is 2100. The summed E-state index contributed by atoms with van der Waals surface area (Å²) in [6, 6.07) is 6.85. The number of anilines is 1. The first-order valence-electron chi connectivity index (χ1n) is 22.0. The molecule has 3 fully saturated rings. The summed E-state index contributed by atoms with van der Waals surface area (Å²) in [4.78, 5) is 126. The average Bonchev–Trinajstić information content (AvgIpc) is 3.24. The highest BCUT2D eigenvalue weighted by molar-refractivity contribution is 5.70. The Morgan fingerprint density at radius 1 is 0.380 bits per heavy atom. The molecule has 0 amide bonds. The van der Waals surface area contributed by atoms with Crippen LogP contribution in [0.5, 0.6) is 0 Å². The predicted octanol–water partition coefficient (Wildman–Crippen LogP) is 0.563. The van der Waals surface area contributed by atoms with Gasteiger partial charge in [-0.15, -0.1) is 0 Å². The van der Waals surface area contributed by atoms with Crippen LogP contribution < -0.4 is 5.32 Å². The minimum absolute atomic E-state index is 0.421. The summed E-state index contributed by atoms with van der Waals surface area (Å²) in [6.45, 7) is 10.0. The fourth-order valence-corrected chi connectivity index (χ4v) is 7.72. The summed E-state index contributed by atoms with van der Waals surface area (Å²) in [7, 11) is 0. The van der Waals surface area contributed by atoms with Gasteiger partial charge >= 0.3 is 59.7 Å². The Morgan fingerprint density at radius 2 is 0.676 bits per heavy atom. The number of hydrogen-bond acceptors (Lipinski definition) is 26. The van der Waals surface area contributed by atoms with Crippen molar-refractivity contribution in [3.8, 4) is 0 Å². The molecule has 26 nitrogen and oxygen atoms in total. The van der Waals surface area contributed by atoms with Gasteiger partial charge in [-0.2, -0.15) is 0 Å². The minimum atomic E-state index is -2.05. The smallest absolute Gasteiger partial charge is 0.303 e. The average molecular weight is 1010 g/mol. The maximum absolute atomic E-state index is 13.2. The second kappa shape index (κ2) is 26.1. The molecule has 3 saturated heterocycles. The molecule has 1 aromatic rings. The van der Waals surface area contributed by atoms with Gasteiger partial charge in [0.2, 0.25) is 0 Å². The van der Waals surface area contributed by atoms with E-state index in [4.69, 9.17) is 71.1 Å². The zero-order valence-electron chi connectivity index (χ0n) is 40.8. The van der Waals surface area contributed by atoms with Gasteiger partial charge in [0.15, 0.2) is 61.5 Å². The first-order valence-corrected chi connectivity index (χ1v) is 22.0. The molecule has 394 valence electrons. The lowest BCUT2D eigenvalue weighted by Crippen LogP contribution is -2.69. The lowest BCUT2D eigenvalue weighted by Gasteiger charge is -2.50. The number of carbonyl (C=O) groups is 10. The van der Waals surface area contributed by atoms with Gasteiger partial charge < -0.3 is 76.4 Å². The van der Waals surface area contributed by atoms with Gasteiger partial charge in [-0.05, 0) is 19.1 Å². The number of esters is 10. The number of hydrogen-bond donors (Lipinski definition) is 1. The number of nitrogens with one attached hydrogen (secondary N) is 1. The highest BCUT2D eigenvalue weighted by atomic mass is 16.8. The molecule has 0 aromatic heterocycles. The molecule has 1 N–H and O–H groups in total. The summed E-state index contributed by atoms with van der Waals surface area (Å²) in [5.41, 5.74) is 1.30. The topological polar surface area (TPSA) is 321 Å². The third-order valence-electron chi connectivity index (χ3n) is 10.2. The number of benzene rings is 1. The van der Waals surface area contributed by atoms with Gasteiger partial charge in [0.1, 0.15) is 50.3 Å². The molecule has 0 saturated carbocycles. The van der Waals surface area contributed by atoms with Gasteiger partial charge in [0.05, 0.1) is 0 Å². The Hall–Kier alpha value is -6.48. The maximum atomic E-state index is 13.2. The van der Waals surface area contributed by atoms with Gasteiger partial charge in [-0.1, -0.05) is 17.7 Å². The summed E-state index contributed by atoms with van der Waals surface area (Å²) >= 11 is 0. The van der Waals surface area contributed by atoms with E-state index in [0.717, 1.165) is 74.8 Å². The predicted molar refractivity (Wildman–Crippen MR) is 229 cm³/mol. The third-order valence-corrected chi connectivity index (χ3v) is 10.2. The quantitative estimate of drug-likeness (QED) is 0.146. The van der Waals surface area contributed by atoms with E-state index in [1.165, 1.54) is 0 Å². The van der Waals surface area contributed by atoms with E-state index in [0.29, 0.717) is 5.69 Å². The van der Waals surface area contributed by atoms with Crippen LogP contribution in [0.3, 0.4) is 0 Å². The van der Waals surface area contributed by atoms with Crippen molar-refractivity contribution in [2.24, 2.45) is 0 Å². The van der Waals surface area contributed by atoms with Crippen LogP contribution >= 0.6 is 0 Å². The molecule has 26 heteroatoms. The van der Waals surface area contributed by atoms with Crippen LogP contribution in [0.1, 0.15) is 74.8 Å². The second-order valence-corrected chi connectivity index (χ2v) is 16.3. The van der Waals surface area contributed by atoms with Gasteiger partial charge in [0, 0.05) is 74.9 Å². The van der Waals surface area contributed by atoms with Crippen molar-refractivity contribution in [2.45, 2.75) is 168 Å². The van der Waals surface area contributed by atoms with Crippen LogP contribution in [0.2, 0.25) is 0 Å². The lowest BCUT2D eigenvalue weighted by molar-refractivity contribution is -0.374. The molecule has 3 aliphatic rings. The maximum Gasteiger partial charge on any atom is 0.303 e. The molecule has 1 aromatic carbocycles. The third kappa shape index (κ3) is 17.1. The fraction of sp³-hybridized carbons (Fsp3) is 0.644. The monoisotopic (exact) mass is 1010 g/mol. The second-order valence-electron chi connectivity index (χ2n) is 16.3. The zero-order chi connectivity index (χ0) is 52.9. The summed E-state index contributed by atoms with van der Waals surface area (Å²) in [5.74, 6) is -9.32. The van der Waals surface area contributed by atoms with Crippen molar-refractivity contribution >= 4 is 65.4 Å². The van der Waals surface area contributed by atoms with Crippen molar-refractivity contribution in [3.63, 3.8) is 0 Å². The van der Waals surface area contributed by atoms with Gasteiger partial charge in [-0.3, -0.25) is 47.9 Å². The van der Waals surface area contributed by atoms with Crippen molar-refractivity contribution in [1.29, 1.82) is 0 Å². The molecule has 15 unspecified atom stereocenters. The Kier molecular flexibility index (Phi) is 21.0. The van der Waals surface area contributed by atoms with Crippen LogP contribution in [-0.2, 0) is 119 Å². The molecule has 15 atom stereocenters. The Labute approximate surface area is 407 Å². The van der Waals surface area contributed by atoms with Crippen LogP contribution in [0, 0.1) is 6.92 Å². The first-order chi connectivity index (χ1) is 33.3. The van der Waals surface area contributed by atoms with Crippen LogP contribution in [-0.4, -0.2) is 172 Å². The van der Waals surface area contributed by atoms with E-state index in [2.05, 4.69) is 5.32 Å². The Morgan fingerprint density at radius 3 is 1.04 bits per heavy atom. The fourth-order valence-electron chi connectivity index (χ4n) is 7.72. The van der Waals surface area contributed by atoms with Gasteiger partial charge in [0.25, 0.3) is 0 Å². The number of ether oxygens (including phenoxy) is 15. The molecular weight excluding hydrogens is 954 g/mol. The largest absolute Gasteiger partial charge is 0.463 e. The van der Waals surface area contributed by atoms with Crippen molar-refractivity contribution < 1.29 is 119 Å². The molecular formula is C45H59NO25. The van der Waals surface area contributed by atoms with E-state index in [1.54, 1.807) is 24.3 Å². The first kappa shape index (κ1) is 57.1. The van der Waals surface area contributed by atoms with E-state index >= 15 is 0 Å². The number of aryl methyl sites for hydroxylation is 1. The Balaban J connectivity index is 1.99. The molecule has 0 aliphatic carbocycles. The lowest BCUT2D eigenvalue weighted by atomic mass is 9.94. The number of rotatable bonds is 19. The highest BCUT2D eigenvalue weighted by Gasteiger charge is 2.60. The minimum Gasteiger partial charge on any atom is -0.463 e. The summed E-state index contributed by atoms with van der Waals surface area (Å²) in [5, 5.41) is 3.09. The molecule has 3 heterocycles. The van der Waals surface area contributed by atoms with E-state index < -0.39 is 172 Å². The molecule has 0 spiro atoms. The van der Waals surface area contributed by atoms with Crippen molar-refractivity contribution in [3.05, 3.63) is 29.8 Å². The van der Waals surface area contributed by atoms with E-state index in [9.17, 15) is 47.9 Å². The van der Waals surface area contributed by atoms with Gasteiger partial charge in [-0.25, -0.2) is 0 Å². The van der Waals surface area contributed by atoms with E-state index in [-0.39, 0.29) is 0 Å².